The maximum atomic E-state index is 12.7. The number of esters is 1. The maximum absolute atomic E-state index is 12.7. The van der Waals surface area contributed by atoms with Crippen molar-refractivity contribution in [3.05, 3.63) is 71.8 Å². The van der Waals surface area contributed by atoms with Crippen molar-refractivity contribution < 1.29 is 23.9 Å². The number of amides is 3. The number of carbonyl (C=O) groups excluding carboxylic acids is 4. The topological polar surface area (TPSA) is 92.8 Å². The van der Waals surface area contributed by atoms with E-state index >= 15 is 0 Å². The van der Waals surface area contributed by atoms with Gasteiger partial charge in [-0.3, -0.25) is 19.3 Å². The zero-order chi connectivity index (χ0) is 22.0. The van der Waals surface area contributed by atoms with Crippen LogP contribution in [0.25, 0.3) is 0 Å². The summed E-state index contributed by atoms with van der Waals surface area (Å²) in [6, 6.07) is 13.3. The van der Waals surface area contributed by atoms with E-state index in [0.29, 0.717) is 24.2 Å². The highest BCUT2D eigenvalue weighted by molar-refractivity contribution is 6.22. The van der Waals surface area contributed by atoms with E-state index in [-0.39, 0.29) is 29.2 Å². The molecular weight excluding hydrogens is 396 g/mol. The molecule has 2 atom stereocenters. The van der Waals surface area contributed by atoms with Gasteiger partial charge in [0.1, 0.15) is 0 Å². The average Bonchev–Trinajstić information content (AvgIpc) is 3.02. The molecule has 4 rings (SSSR count). The summed E-state index contributed by atoms with van der Waals surface area (Å²) in [6.45, 7) is 1.49. The van der Waals surface area contributed by atoms with E-state index in [9.17, 15) is 19.2 Å². The van der Waals surface area contributed by atoms with Gasteiger partial charge >= 0.3 is 5.97 Å². The summed E-state index contributed by atoms with van der Waals surface area (Å²) in [5.74, 6) is -2.14. The van der Waals surface area contributed by atoms with Crippen molar-refractivity contribution in [2.75, 3.05) is 16.8 Å². The Hall–Kier alpha value is -3.74. The van der Waals surface area contributed by atoms with Crippen LogP contribution in [0.4, 0.5) is 11.4 Å². The lowest BCUT2D eigenvalue weighted by Crippen LogP contribution is -2.30. The van der Waals surface area contributed by atoms with Crippen LogP contribution < -0.4 is 10.2 Å². The summed E-state index contributed by atoms with van der Waals surface area (Å²) in [4.78, 5) is 50.8. The van der Waals surface area contributed by atoms with Gasteiger partial charge in [0.2, 0.25) is 11.8 Å². The van der Waals surface area contributed by atoms with Crippen molar-refractivity contribution in [1.82, 2.24) is 0 Å². The minimum absolute atomic E-state index is 0.206. The van der Waals surface area contributed by atoms with Gasteiger partial charge in [0.15, 0.2) is 6.61 Å². The zero-order valence-electron chi connectivity index (χ0n) is 17.0. The van der Waals surface area contributed by atoms with Crippen molar-refractivity contribution in [2.24, 2.45) is 11.8 Å². The molecule has 158 valence electrons. The number of nitrogens with one attached hydrogen (secondary N) is 1. The maximum Gasteiger partial charge on any atom is 0.338 e. The second kappa shape index (κ2) is 8.55. The molecule has 1 aliphatic carbocycles. The second-order valence-corrected chi connectivity index (χ2v) is 7.71. The Kier molecular flexibility index (Phi) is 5.66. The number of hydrogen-bond acceptors (Lipinski definition) is 5. The number of fused-ring (bicyclic) bond motifs is 1. The number of hydrogen-bond donors (Lipinski definition) is 1. The van der Waals surface area contributed by atoms with Gasteiger partial charge in [-0.1, -0.05) is 24.3 Å². The van der Waals surface area contributed by atoms with Crippen LogP contribution in [-0.2, 0) is 19.1 Å². The van der Waals surface area contributed by atoms with Gasteiger partial charge in [-0.15, -0.1) is 0 Å². The molecule has 0 saturated carbocycles. The number of ether oxygens (including phenoxy) is 1. The number of carbonyl (C=O) groups is 4. The highest BCUT2D eigenvalue weighted by Gasteiger charge is 2.47. The van der Waals surface area contributed by atoms with Crippen LogP contribution in [0, 0.1) is 18.8 Å². The Morgan fingerprint density at radius 2 is 1.65 bits per heavy atom. The first-order chi connectivity index (χ1) is 14.9. The van der Waals surface area contributed by atoms with E-state index in [1.807, 2.05) is 37.3 Å². The van der Waals surface area contributed by atoms with Crippen molar-refractivity contribution >= 4 is 35.1 Å². The molecule has 7 nitrogen and oxygen atoms in total. The van der Waals surface area contributed by atoms with Gasteiger partial charge in [-0.05, 0) is 61.7 Å². The number of imide groups is 1. The molecule has 1 saturated heterocycles. The average molecular weight is 418 g/mol. The van der Waals surface area contributed by atoms with Crippen molar-refractivity contribution in [3.8, 4) is 0 Å². The molecule has 0 radical (unpaired) electrons. The third kappa shape index (κ3) is 4.26. The first kappa shape index (κ1) is 20.5. The van der Waals surface area contributed by atoms with Gasteiger partial charge in [-0.2, -0.15) is 0 Å². The van der Waals surface area contributed by atoms with Crippen LogP contribution >= 0.6 is 0 Å². The number of anilines is 2. The Balaban J connectivity index is 1.36. The smallest absolute Gasteiger partial charge is 0.338 e. The van der Waals surface area contributed by atoms with E-state index in [1.165, 1.54) is 17.0 Å². The molecule has 0 spiro atoms. The molecule has 1 heterocycles. The summed E-state index contributed by atoms with van der Waals surface area (Å²) < 4.78 is 5.07. The number of benzene rings is 2. The minimum Gasteiger partial charge on any atom is -0.452 e. The standard InChI is InChI=1S/C24H22N2O5/c1-15-5-4-6-17(13-15)25-21(27)14-31-24(30)16-9-11-18(12-10-16)26-22(28)19-7-2-3-8-20(19)23(26)29/h2-6,9-13,19-20H,7-8,14H2,1H3,(H,25,27)/t19-,20-/m0/s1. The molecule has 31 heavy (non-hydrogen) atoms. The second-order valence-electron chi connectivity index (χ2n) is 7.71. The molecule has 1 N–H and O–H groups in total. The molecule has 3 amide bonds. The van der Waals surface area contributed by atoms with Gasteiger partial charge < -0.3 is 10.1 Å². The highest BCUT2D eigenvalue weighted by Crippen LogP contribution is 2.37. The third-order valence-corrected chi connectivity index (χ3v) is 5.50. The summed E-state index contributed by atoms with van der Waals surface area (Å²) in [6.07, 6.45) is 5.01. The Morgan fingerprint density at radius 1 is 1.00 bits per heavy atom. The molecule has 2 aromatic carbocycles. The Bertz CT molecular complexity index is 1050. The number of rotatable bonds is 5. The van der Waals surface area contributed by atoms with Crippen LogP contribution in [0.15, 0.2) is 60.7 Å². The number of aryl methyl sites for hydroxylation is 1. The Morgan fingerprint density at radius 3 is 2.26 bits per heavy atom. The monoisotopic (exact) mass is 418 g/mol. The quantitative estimate of drug-likeness (QED) is 0.457. The van der Waals surface area contributed by atoms with Crippen LogP contribution in [0.5, 0.6) is 0 Å². The van der Waals surface area contributed by atoms with Gasteiger partial charge in [0.25, 0.3) is 5.91 Å². The minimum atomic E-state index is -0.664. The van der Waals surface area contributed by atoms with Crippen molar-refractivity contribution in [2.45, 2.75) is 19.8 Å². The fourth-order valence-electron chi connectivity index (χ4n) is 3.94. The van der Waals surface area contributed by atoms with E-state index in [4.69, 9.17) is 4.74 Å². The third-order valence-electron chi connectivity index (χ3n) is 5.50. The molecule has 7 heteroatoms. The lowest BCUT2D eigenvalue weighted by molar-refractivity contribution is -0.122. The fourth-order valence-corrected chi connectivity index (χ4v) is 3.94. The lowest BCUT2D eigenvalue weighted by atomic mass is 9.85. The normalized spacial score (nSPS) is 19.8. The first-order valence-corrected chi connectivity index (χ1v) is 10.1. The van der Waals surface area contributed by atoms with Gasteiger partial charge in [0.05, 0.1) is 23.1 Å². The van der Waals surface area contributed by atoms with Crippen LogP contribution in [-0.4, -0.2) is 30.3 Å². The van der Waals surface area contributed by atoms with Gasteiger partial charge in [-0.25, -0.2) is 4.79 Å². The fraction of sp³-hybridized carbons (Fsp3) is 0.250. The summed E-state index contributed by atoms with van der Waals surface area (Å²) in [5.41, 5.74) is 2.28. The molecule has 0 aromatic heterocycles. The Labute approximate surface area is 179 Å². The SMILES string of the molecule is Cc1cccc(NC(=O)COC(=O)c2ccc(N3C(=O)[C@H]4CC=CC[C@@H]4C3=O)cc2)c1. The highest BCUT2D eigenvalue weighted by atomic mass is 16.5. The molecule has 1 fully saturated rings. The molecule has 2 aliphatic rings. The predicted octanol–water partition coefficient (Wildman–Crippen LogP) is 3.25. The van der Waals surface area contributed by atoms with E-state index in [2.05, 4.69) is 5.32 Å². The molecule has 0 unspecified atom stereocenters. The summed E-state index contributed by atoms with van der Waals surface area (Å²) in [5, 5.41) is 2.67. The summed E-state index contributed by atoms with van der Waals surface area (Å²) in [7, 11) is 0. The van der Waals surface area contributed by atoms with E-state index in [1.54, 1.807) is 18.2 Å². The van der Waals surface area contributed by atoms with E-state index < -0.39 is 18.5 Å². The van der Waals surface area contributed by atoms with E-state index in [0.717, 1.165) is 5.56 Å². The van der Waals surface area contributed by atoms with Gasteiger partial charge in [0, 0.05) is 5.69 Å². The molecule has 2 aromatic rings. The van der Waals surface area contributed by atoms with Crippen LogP contribution in [0.2, 0.25) is 0 Å². The largest absolute Gasteiger partial charge is 0.452 e. The lowest BCUT2D eigenvalue weighted by Gasteiger charge is -2.15. The number of nitrogens with zero attached hydrogens (tertiary/aromatic N) is 1. The summed E-state index contributed by atoms with van der Waals surface area (Å²) >= 11 is 0. The van der Waals surface area contributed by atoms with Crippen molar-refractivity contribution in [1.29, 1.82) is 0 Å². The van der Waals surface area contributed by atoms with Crippen LogP contribution in [0.3, 0.4) is 0 Å². The molecule has 1 aliphatic heterocycles. The molecular formula is C24H22N2O5. The zero-order valence-corrected chi connectivity index (χ0v) is 17.0. The predicted molar refractivity (Wildman–Crippen MR) is 114 cm³/mol. The van der Waals surface area contributed by atoms with Crippen molar-refractivity contribution in [3.63, 3.8) is 0 Å². The molecule has 0 bridgehead atoms. The number of allylic oxidation sites excluding steroid dienone is 2. The first-order valence-electron chi connectivity index (χ1n) is 10.1. The van der Waals surface area contributed by atoms with Crippen LogP contribution in [0.1, 0.15) is 28.8 Å².